The minimum atomic E-state index is -0.386. The Bertz CT molecular complexity index is 593. The van der Waals surface area contributed by atoms with E-state index < -0.39 is 0 Å². The van der Waals surface area contributed by atoms with Crippen LogP contribution in [0, 0.1) is 40.4 Å². The number of hydrogen-bond donors (Lipinski definition) is 1. The van der Waals surface area contributed by atoms with Crippen LogP contribution in [0.4, 0.5) is 0 Å². The summed E-state index contributed by atoms with van der Waals surface area (Å²) in [5.41, 5.74) is 0.344. The lowest BCUT2D eigenvalue weighted by atomic mass is 9.45. The Kier molecular flexibility index (Phi) is 4.73. The lowest BCUT2D eigenvalue weighted by Crippen LogP contribution is -2.53. The van der Waals surface area contributed by atoms with Gasteiger partial charge in [-0.15, -0.1) is 0 Å². The maximum absolute atomic E-state index is 12.8. The standard InChI is InChI=1S/C24H40O3/c1-22(2,3)27-21(26)15-12-20-18-7-6-16-13-17(25)8-11-24(16,5)19(18)9-10-23(20,4)14-15/h15-20,25H,6-14H2,1-5H3/t15-,16+,17+,18-,19+,20+,23-,24+/m1/s1. The number of aliphatic hydroxyl groups excluding tert-OH is 1. The number of carbonyl (C=O) groups is 1. The van der Waals surface area contributed by atoms with E-state index >= 15 is 0 Å². The summed E-state index contributed by atoms with van der Waals surface area (Å²) in [7, 11) is 0. The second kappa shape index (κ2) is 6.47. The molecule has 0 aromatic carbocycles. The molecule has 3 nitrogen and oxygen atoms in total. The molecular formula is C24H40O3. The van der Waals surface area contributed by atoms with Crippen LogP contribution < -0.4 is 0 Å². The fraction of sp³-hybridized carbons (Fsp3) is 0.958. The number of ether oxygens (including phenoxy) is 1. The van der Waals surface area contributed by atoms with Gasteiger partial charge < -0.3 is 9.84 Å². The summed E-state index contributed by atoms with van der Waals surface area (Å²) in [4.78, 5) is 12.8. The topological polar surface area (TPSA) is 46.5 Å². The van der Waals surface area contributed by atoms with Crippen LogP contribution >= 0.6 is 0 Å². The Labute approximate surface area is 165 Å². The Morgan fingerprint density at radius 1 is 1.00 bits per heavy atom. The largest absolute Gasteiger partial charge is 0.460 e. The molecule has 4 aliphatic rings. The van der Waals surface area contributed by atoms with Gasteiger partial charge in [0.15, 0.2) is 0 Å². The van der Waals surface area contributed by atoms with Crippen molar-refractivity contribution < 1.29 is 14.6 Å². The van der Waals surface area contributed by atoms with Gasteiger partial charge in [-0.2, -0.15) is 0 Å². The average Bonchev–Trinajstić information content (AvgIpc) is 2.92. The van der Waals surface area contributed by atoms with Crippen molar-refractivity contribution in [2.45, 2.75) is 104 Å². The smallest absolute Gasteiger partial charge is 0.309 e. The van der Waals surface area contributed by atoms with Crippen LogP contribution in [0.3, 0.4) is 0 Å². The third-order valence-corrected chi connectivity index (χ3v) is 9.15. The molecule has 0 bridgehead atoms. The van der Waals surface area contributed by atoms with Gasteiger partial charge in [-0.1, -0.05) is 13.8 Å². The molecule has 0 aromatic rings. The van der Waals surface area contributed by atoms with Crippen molar-refractivity contribution in [1.82, 2.24) is 0 Å². The Morgan fingerprint density at radius 3 is 2.44 bits per heavy atom. The summed E-state index contributed by atoms with van der Waals surface area (Å²) in [6.45, 7) is 10.9. The molecule has 4 aliphatic carbocycles. The van der Waals surface area contributed by atoms with Crippen LogP contribution in [0.2, 0.25) is 0 Å². The summed E-state index contributed by atoms with van der Waals surface area (Å²) >= 11 is 0. The highest BCUT2D eigenvalue weighted by Crippen LogP contribution is 2.67. The van der Waals surface area contributed by atoms with Gasteiger partial charge in [0, 0.05) is 0 Å². The van der Waals surface area contributed by atoms with Crippen molar-refractivity contribution in [3.05, 3.63) is 0 Å². The second-order valence-electron chi connectivity index (χ2n) is 11.9. The fourth-order valence-electron chi connectivity index (χ4n) is 7.86. The molecule has 154 valence electrons. The van der Waals surface area contributed by atoms with E-state index in [0.29, 0.717) is 22.7 Å². The lowest BCUT2D eigenvalue weighted by Gasteiger charge is -2.60. The van der Waals surface area contributed by atoms with E-state index in [2.05, 4.69) is 13.8 Å². The van der Waals surface area contributed by atoms with Gasteiger partial charge in [0.1, 0.15) is 5.60 Å². The summed E-state index contributed by atoms with van der Waals surface area (Å²) < 4.78 is 5.76. The number of aliphatic hydroxyl groups is 1. The van der Waals surface area contributed by atoms with E-state index in [1.165, 1.54) is 32.1 Å². The Morgan fingerprint density at radius 2 is 1.74 bits per heavy atom. The number of esters is 1. The zero-order chi connectivity index (χ0) is 19.6. The van der Waals surface area contributed by atoms with E-state index in [1.54, 1.807) is 0 Å². The third kappa shape index (κ3) is 3.36. The van der Waals surface area contributed by atoms with Crippen LogP contribution in [0.1, 0.15) is 92.4 Å². The molecule has 0 heterocycles. The normalized spacial score (nSPS) is 49.7. The number of fused-ring (bicyclic) bond motifs is 5. The average molecular weight is 377 g/mol. The van der Waals surface area contributed by atoms with Crippen LogP contribution in [0.5, 0.6) is 0 Å². The molecule has 0 amide bonds. The van der Waals surface area contributed by atoms with E-state index in [-0.39, 0.29) is 23.6 Å². The highest BCUT2D eigenvalue weighted by Gasteiger charge is 2.60. The molecule has 3 heteroatoms. The molecule has 4 saturated carbocycles. The van der Waals surface area contributed by atoms with Crippen molar-refractivity contribution in [2.24, 2.45) is 40.4 Å². The van der Waals surface area contributed by atoms with Gasteiger partial charge in [0.25, 0.3) is 0 Å². The fourth-order valence-corrected chi connectivity index (χ4v) is 7.86. The second-order valence-corrected chi connectivity index (χ2v) is 11.9. The van der Waals surface area contributed by atoms with Gasteiger partial charge in [0.2, 0.25) is 0 Å². The molecule has 0 saturated heterocycles. The Balaban J connectivity index is 1.52. The van der Waals surface area contributed by atoms with Gasteiger partial charge in [0.05, 0.1) is 12.0 Å². The first-order valence-corrected chi connectivity index (χ1v) is 11.4. The molecule has 0 unspecified atom stereocenters. The molecule has 0 spiro atoms. The molecule has 0 aromatic heterocycles. The van der Waals surface area contributed by atoms with Gasteiger partial charge >= 0.3 is 5.97 Å². The highest BCUT2D eigenvalue weighted by molar-refractivity contribution is 5.73. The van der Waals surface area contributed by atoms with E-state index in [9.17, 15) is 9.90 Å². The van der Waals surface area contributed by atoms with E-state index in [4.69, 9.17) is 4.74 Å². The van der Waals surface area contributed by atoms with Crippen LogP contribution in [-0.2, 0) is 9.53 Å². The summed E-state index contributed by atoms with van der Waals surface area (Å²) in [5.74, 6) is 3.08. The van der Waals surface area contributed by atoms with Crippen molar-refractivity contribution >= 4 is 5.97 Å². The molecule has 8 atom stereocenters. The number of carbonyl (C=O) groups excluding carboxylic acids is 1. The molecular weight excluding hydrogens is 336 g/mol. The highest BCUT2D eigenvalue weighted by atomic mass is 16.6. The summed E-state index contributed by atoms with van der Waals surface area (Å²) in [5, 5.41) is 10.2. The maximum atomic E-state index is 12.8. The summed E-state index contributed by atoms with van der Waals surface area (Å²) in [6, 6.07) is 0. The molecule has 1 N–H and O–H groups in total. The first kappa shape index (κ1) is 19.7. The Hall–Kier alpha value is -0.570. The first-order valence-electron chi connectivity index (χ1n) is 11.4. The van der Waals surface area contributed by atoms with E-state index in [1.807, 2.05) is 20.8 Å². The predicted molar refractivity (Wildman–Crippen MR) is 107 cm³/mol. The van der Waals surface area contributed by atoms with Crippen molar-refractivity contribution in [3.8, 4) is 0 Å². The molecule has 27 heavy (non-hydrogen) atoms. The number of rotatable bonds is 1. The summed E-state index contributed by atoms with van der Waals surface area (Å²) in [6.07, 6.45) is 10.4. The first-order chi connectivity index (χ1) is 12.5. The van der Waals surface area contributed by atoms with Gasteiger partial charge in [-0.3, -0.25) is 4.79 Å². The number of hydrogen-bond acceptors (Lipinski definition) is 3. The quantitative estimate of drug-likeness (QED) is 0.628. The lowest BCUT2D eigenvalue weighted by molar-refractivity contribution is -0.160. The van der Waals surface area contributed by atoms with Crippen LogP contribution in [-0.4, -0.2) is 22.8 Å². The predicted octanol–water partition coefficient (Wildman–Crippen LogP) is 5.35. The molecule has 4 fully saturated rings. The zero-order valence-corrected chi connectivity index (χ0v) is 18.1. The minimum Gasteiger partial charge on any atom is -0.460 e. The molecule has 4 rings (SSSR count). The molecule has 0 radical (unpaired) electrons. The van der Waals surface area contributed by atoms with Crippen LogP contribution in [0.15, 0.2) is 0 Å². The molecule has 0 aliphatic heterocycles. The van der Waals surface area contributed by atoms with Gasteiger partial charge in [-0.25, -0.2) is 0 Å². The van der Waals surface area contributed by atoms with Crippen molar-refractivity contribution in [3.63, 3.8) is 0 Å². The van der Waals surface area contributed by atoms with Gasteiger partial charge in [-0.05, 0) is 113 Å². The third-order valence-electron chi connectivity index (χ3n) is 9.15. The zero-order valence-electron chi connectivity index (χ0n) is 18.1. The SMILES string of the molecule is CC(C)(C)OC(=O)[C@@H]1C[C@H]2[C@@H]3CC[C@H]4C[C@@H](O)CC[C@]4(C)[C@H]3CC[C@]2(C)C1. The van der Waals surface area contributed by atoms with E-state index in [0.717, 1.165) is 37.5 Å². The van der Waals surface area contributed by atoms with Crippen molar-refractivity contribution in [2.75, 3.05) is 0 Å². The van der Waals surface area contributed by atoms with Crippen molar-refractivity contribution in [1.29, 1.82) is 0 Å². The monoisotopic (exact) mass is 376 g/mol. The maximum Gasteiger partial charge on any atom is 0.309 e. The minimum absolute atomic E-state index is 0.0374. The van der Waals surface area contributed by atoms with Crippen LogP contribution in [0.25, 0.3) is 0 Å².